The number of aromatic nitrogens is 1. The van der Waals surface area contributed by atoms with E-state index in [1.54, 1.807) is 24.3 Å². The van der Waals surface area contributed by atoms with E-state index in [9.17, 15) is 19.1 Å². The molecule has 0 saturated heterocycles. The van der Waals surface area contributed by atoms with Crippen LogP contribution in [-0.4, -0.2) is 22.0 Å². The van der Waals surface area contributed by atoms with Crippen molar-refractivity contribution in [3.63, 3.8) is 0 Å². The lowest BCUT2D eigenvalue weighted by molar-refractivity contribution is 0.0695. The summed E-state index contributed by atoms with van der Waals surface area (Å²) in [7, 11) is 0. The highest BCUT2D eigenvalue weighted by molar-refractivity contribution is 6.05. The van der Waals surface area contributed by atoms with Gasteiger partial charge in [-0.15, -0.1) is 0 Å². The summed E-state index contributed by atoms with van der Waals surface area (Å²) in [6.45, 7) is 2.32. The van der Waals surface area contributed by atoms with Gasteiger partial charge in [0.25, 0.3) is 5.91 Å². The van der Waals surface area contributed by atoms with Crippen LogP contribution in [0.3, 0.4) is 0 Å². The van der Waals surface area contributed by atoms with Crippen molar-refractivity contribution in [2.45, 2.75) is 20.1 Å². The van der Waals surface area contributed by atoms with Crippen molar-refractivity contribution in [1.29, 1.82) is 0 Å². The molecule has 4 rings (SSSR count). The Morgan fingerprint density at radius 1 is 0.944 bits per heavy atom. The van der Waals surface area contributed by atoms with E-state index in [0.717, 1.165) is 23.3 Å². The molecular formula is C28H22F2N2O4. The van der Waals surface area contributed by atoms with E-state index in [2.05, 4.69) is 10.3 Å². The van der Waals surface area contributed by atoms with E-state index in [1.165, 1.54) is 19.2 Å². The highest BCUT2D eigenvalue weighted by Gasteiger charge is 2.22. The Morgan fingerprint density at radius 2 is 1.61 bits per heavy atom. The Labute approximate surface area is 206 Å². The van der Waals surface area contributed by atoms with Gasteiger partial charge < -0.3 is 15.2 Å². The molecule has 4 aromatic rings. The maximum atomic E-state index is 15.3. The molecule has 8 heteroatoms. The number of amides is 1. The lowest BCUT2D eigenvalue weighted by Gasteiger charge is -2.12. The van der Waals surface area contributed by atoms with Crippen molar-refractivity contribution in [2.75, 3.05) is 5.32 Å². The van der Waals surface area contributed by atoms with Gasteiger partial charge in [-0.25, -0.2) is 13.6 Å². The second-order valence-corrected chi connectivity index (χ2v) is 8.08. The van der Waals surface area contributed by atoms with Crippen molar-refractivity contribution in [2.24, 2.45) is 0 Å². The van der Waals surface area contributed by atoms with Crippen LogP contribution in [-0.2, 0) is 18.0 Å². The van der Waals surface area contributed by atoms with E-state index in [0.29, 0.717) is 18.9 Å². The molecule has 0 atom stereocenters. The van der Waals surface area contributed by atoms with Gasteiger partial charge in [-0.3, -0.25) is 9.78 Å². The Kier molecular flexibility index (Phi) is 7.46. The smallest absolute Gasteiger partial charge is 0.337 e. The minimum absolute atomic E-state index is 0.115. The fourth-order valence-corrected chi connectivity index (χ4v) is 3.62. The molecule has 3 aromatic carbocycles. The van der Waals surface area contributed by atoms with Crippen LogP contribution >= 0.6 is 0 Å². The number of benzene rings is 3. The molecule has 6 nitrogen and oxygen atoms in total. The van der Waals surface area contributed by atoms with Crippen LogP contribution < -0.4 is 5.32 Å². The number of aryl methyl sites for hydroxylation is 1. The van der Waals surface area contributed by atoms with Crippen molar-refractivity contribution in [3.8, 4) is 11.1 Å². The Hall–Kier alpha value is -4.43. The number of pyridine rings is 1. The van der Waals surface area contributed by atoms with Gasteiger partial charge in [0.2, 0.25) is 0 Å². The zero-order valence-corrected chi connectivity index (χ0v) is 19.3. The molecule has 0 spiro atoms. The first-order valence-corrected chi connectivity index (χ1v) is 11.0. The van der Waals surface area contributed by atoms with Crippen LogP contribution in [0.1, 0.15) is 37.5 Å². The van der Waals surface area contributed by atoms with Gasteiger partial charge in [-0.2, -0.15) is 0 Å². The zero-order chi connectivity index (χ0) is 25.7. The van der Waals surface area contributed by atoms with Crippen LogP contribution in [0.25, 0.3) is 11.1 Å². The molecule has 0 aliphatic heterocycles. The summed E-state index contributed by atoms with van der Waals surface area (Å²) in [5.74, 6) is -4.35. The topological polar surface area (TPSA) is 88.5 Å². The lowest BCUT2D eigenvalue weighted by atomic mass is 10.0. The number of anilines is 1. The molecule has 0 unspecified atom stereocenters. The molecule has 0 radical (unpaired) electrons. The highest BCUT2D eigenvalue weighted by atomic mass is 19.1. The summed E-state index contributed by atoms with van der Waals surface area (Å²) in [4.78, 5) is 28.1. The van der Waals surface area contributed by atoms with Crippen LogP contribution in [0, 0.1) is 18.6 Å². The first-order valence-electron chi connectivity index (χ1n) is 11.0. The monoisotopic (exact) mass is 488 g/mol. The molecule has 1 aromatic heterocycles. The summed E-state index contributed by atoms with van der Waals surface area (Å²) >= 11 is 0. The Morgan fingerprint density at radius 3 is 2.28 bits per heavy atom. The third kappa shape index (κ3) is 5.61. The molecule has 1 amide bonds. The van der Waals surface area contributed by atoms with Crippen LogP contribution in [0.5, 0.6) is 0 Å². The number of carbonyl (C=O) groups excluding carboxylic acids is 1. The van der Waals surface area contributed by atoms with Crippen molar-refractivity contribution in [3.05, 3.63) is 119 Å². The molecule has 0 aliphatic carbocycles. The fourth-order valence-electron chi connectivity index (χ4n) is 3.62. The number of carboxylic acid groups (broad SMARTS) is 1. The number of halogens is 2. The third-order valence-corrected chi connectivity index (χ3v) is 5.54. The van der Waals surface area contributed by atoms with E-state index >= 15 is 4.39 Å². The van der Waals surface area contributed by atoms with E-state index in [1.807, 2.05) is 30.3 Å². The van der Waals surface area contributed by atoms with Crippen molar-refractivity contribution < 1.29 is 28.2 Å². The number of nitrogens with zero attached hydrogens (tertiary/aromatic N) is 1. The molecule has 0 bridgehead atoms. The SMILES string of the molecule is Cc1ncc(-c2ccc(F)c(C(=O)Nc3ccc(COCc4ccccc4)cc3)c2F)cc1C(=O)O. The number of carbonyl (C=O) groups is 2. The van der Waals surface area contributed by atoms with Crippen LogP contribution in [0.2, 0.25) is 0 Å². The predicted molar refractivity (Wildman–Crippen MR) is 131 cm³/mol. The summed E-state index contributed by atoms with van der Waals surface area (Å²) in [5, 5.41) is 11.8. The maximum absolute atomic E-state index is 15.3. The standard InChI is InChI=1S/C28H22F2N2O4/c1-17-23(28(34)35)13-20(14-31-17)22-11-12-24(29)25(26(22)30)27(33)32-21-9-7-19(8-10-21)16-36-15-18-5-3-2-4-6-18/h2-14H,15-16H2,1H3,(H,32,33)(H,34,35). The highest BCUT2D eigenvalue weighted by Crippen LogP contribution is 2.28. The molecule has 0 saturated carbocycles. The number of nitrogens with one attached hydrogen (secondary N) is 1. The van der Waals surface area contributed by atoms with E-state index in [4.69, 9.17) is 4.74 Å². The molecular weight excluding hydrogens is 466 g/mol. The first kappa shape index (κ1) is 24.7. The second-order valence-electron chi connectivity index (χ2n) is 8.08. The number of aromatic carboxylic acids is 1. The van der Waals surface area contributed by atoms with Gasteiger partial charge in [0, 0.05) is 23.0 Å². The van der Waals surface area contributed by atoms with E-state index < -0.39 is 29.1 Å². The normalized spacial score (nSPS) is 10.8. The summed E-state index contributed by atoms with van der Waals surface area (Å²) in [6, 6.07) is 19.8. The number of hydrogen-bond donors (Lipinski definition) is 2. The third-order valence-electron chi connectivity index (χ3n) is 5.54. The van der Waals surface area contributed by atoms with Gasteiger partial charge in [0.15, 0.2) is 0 Å². The maximum Gasteiger partial charge on any atom is 0.337 e. The Bertz CT molecular complexity index is 1410. The largest absolute Gasteiger partial charge is 0.478 e. The molecule has 182 valence electrons. The average Bonchev–Trinajstić information content (AvgIpc) is 2.86. The quantitative estimate of drug-likeness (QED) is 0.318. The fraction of sp³-hybridized carbons (Fsp3) is 0.107. The van der Waals surface area contributed by atoms with Gasteiger partial charge in [-0.1, -0.05) is 42.5 Å². The summed E-state index contributed by atoms with van der Waals surface area (Å²) in [6.07, 6.45) is 1.28. The van der Waals surface area contributed by atoms with E-state index in [-0.39, 0.29) is 22.4 Å². The predicted octanol–water partition coefficient (Wildman–Crippen LogP) is 6.00. The first-order chi connectivity index (χ1) is 17.3. The number of carboxylic acids is 1. The van der Waals surface area contributed by atoms with Crippen LogP contribution in [0.4, 0.5) is 14.5 Å². The van der Waals surface area contributed by atoms with Crippen LogP contribution in [0.15, 0.2) is 79.0 Å². The van der Waals surface area contributed by atoms with Gasteiger partial charge in [0.05, 0.1) is 24.5 Å². The summed E-state index contributed by atoms with van der Waals surface area (Å²) < 4.78 is 35.4. The molecule has 0 fully saturated rings. The minimum atomic E-state index is -1.23. The van der Waals surface area contributed by atoms with Crippen molar-refractivity contribution >= 4 is 17.6 Å². The van der Waals surface area contributed by atoms with Gasteiger partial charge in [0.1, 0.15) is 17.2 Å². The molecule has 0 aliphatic rings. The summed E-state index contributed by atoms with van der Waals surface area (Å²) in [5.41, 5.74) is 1.60. The lowest BCUT2D eigenvalue weighted by Crippen LogP contribution is -2.16. The van der Waals surface area contributed by atoms with Gasteiger partial charge >= 0.3 is 5.97 Å². The minimum Gasteiger partial charge on any atom is -0.478 e. The Balaban J connectivity index is 1.48. The molecule has 2 N–H and O–H groups in total. The zero-order valence-electron chi connectivity index (χ0n) is 19.3. The number of hydrogen-bond acceptors (Lipinski definition) is 4. The van der Waals surface area contributed by atoms with Crippen molar-refractivity contribution in [1.82, 2.24) is 4.98 Å². The average molecular weight is 488 g/mol. The number of rotatable bonds is 8. The second kappa shape index (κ2) is 10.9. The molecule has 1 heterocycles. The van der Waals surface area contributed by atoms with Gasteiger partial charge in [-0.05, 0) is 48.4 Å². The number of ether oxygens (including phenoxy) is 1. The molecule has 36 heavy (non-hydrogen) atoms.